The molecule has 5 nitrogen and oxygen atoms in total. The van der Waals surface area contributed by atoms with Crippen molar-refractivity contribution in [1.82, 2.24) is 25.0 Å². The van der Waals surface area contributed by atoms with Crippen LogP contribution in [0.5, 0.6) is 0 Å². The number of hydrogen-bond acceptors (Lipinski definition) is 7. The average molecular weight is 500 g/mol. The van der Waals surface area contributed by atoms with Gasteiger partial charge in [-0.2, -0.15) is 5.10 Å². The second-order valence-electron chi connectivity index (χ2n) is 7.45. The highest BCUT2D eigenvalue weighted by Gasteiger charge is 2.21. The number of rotatable bonds is 7. The lowest BCUT2D eigenvalue weighted by atomic mass is 10.2. The van der Waals surface area contributed by atoms with Crippen LogP contribution in [-0.2, 0) is 12.3 Å². The van der Waals surface area contributed by atoms with E-state index in [0.717, 1.165) is 48.5 Å². The molecule has 5 rings (SSSR count). The van der Waals surface area contributed by atoms with Gasteiger partial charge in [0.05, 0.1) is 22.8 Å². The molecule has 0 unspecified atom stereocenters. The lowest BCUT2D eigenvalue weighted by molar-refractivity contribution is 0.150. The maximum atomic E-state index is 13.1. The van der Waals surface area contributed by atoms with E-state index in [1.54, 1.807) is 23.1 Å². The van der Waals surface area contributed by atoms with E-state index in [-0.39, 0.29) is 5.01 Å². The van der Waals surface area contributed by atoms with Gasteiger partial charge in [0.1, 0.15) is 5.69 Å². The molecule has 0 fully saturated rings. The van der Waals surface area contributed by atoms with Crippen molar-refractivity contribution in [3.8, 4) is 10.7 Å². The first kappa shape index (κ1) is 22.1. The van der Waals surface area contributed by atoms with Gasteiger partial charge in [-0.25, -0.2) is 13.8 Å². The van der Waals surface area contributed by atoms with Gasteiger partial charge in [0.15, 0.2) is 10.0 Å². The fourth-order valence-electron chi connectivity index (χ4n) is 3.54. The molecular weight excluding hydrogens is 480 g/mol. The zero-order valence-electron chi connectivity index (χ0n) is 17.8. The van der Waals surface area contributed by atoms with E-state index in [2.05, 4.69) is 39.4 Å². The summed E-state index contributed by atoms with van der Waals surface area (Å²) in [4.78, 5) is 6.71. The van der Waals surface area contributed by atoms with Crippen molar-refractivity contribution < 1.29 is 8.78 Å². The molecule has 33 heavy (non-hydrogen) atoms. The number of alkyl halides is 2. The van der Waals surface area contributed by atoms with Gasteiger partial charge in [-0.3, -0.25) is 4.68 Å². The maximum absolute atomic E-state index is 13.1. The predicted molar refractivity (Wildman–Crippen MR) is 130 cm³/mol. The Morgan fingerprint density at radius 3 is 2.55 bits per heavy atom. The van der Waals surface area contributed by atoms with E-state index in [0.29, 0.717) is 17.2 Å². The Labute approximate surface area is 201 Å². The normalized spacial score (nSPS) is 11.7. The molecule has 3 aromatic heterocycles. The fraction of sp³-hybridized carbons (Fsp3) is 0.217. The predicted octanol–water partition coefficient (Wildman–Crippen LogP) is 6.91. The summed E-state index contributed by atoms with van der Waals surface area (Å²) in [5.74, 6) is 0.837. The summed E-state index contributed by atoms with van der Waals surface area (Å²) in [6, 6.07) is 16.4. The van der Waals surface area contributed by atoms with Gasteiger partial charge in [0.2, 0.25) is 0 Å². The maximum Gasteiger partial charge on any atom is 0.291 e. The van der Waals surface area contributed by atoms with Crippen LogP contribution in [0.25, 0.3) is 21.6 Å². The highest BCUT2D eigenvalue weighted by molar-refractivity contribution is 7.98. The number of benzene rings is 2. The van der Waals surface area contributed by atoms with E-state index < -0.39 is 6.43 Å². The molecule has 0 spiro atoms. The van der Waals surface area contributed by atoms with Crippen LogP contribution in [0, 0.1) is 13.8 Å². The molecule has 0 bridgehead atoms. The zero-order valence-corrected chi connectivity index (χ0v) is 20.3. The SMILES string of the molecule is Cc1nc(C)c(Cn2nc(-c3nnc(C(F)F)s3)c3cc(SCc4ccccc4)ccc32)s1. The van der Waals surface area contributed by atoms with Gasteiger partial charge >= 0.3 is 0 Å². The van der Waals surface area contributed by atoms with Crippen molar-refractivity contribution in [2.45, 2.75) is 37.5 Å². The molecule has 0 aliphatic carbocycles. The van der Waals surface area contributed by atoms with Crippen molar-refractivity contribution in [3.05, 3.63) is 74.7 Å². The number of thioether (sulfide) groups is 1. The number of fused-ring (bicyclic) bond motifs is 1. The monoisotopic (exact) mass is 499 g/mol. The highest BCUT2D eigenvalue weighted by Crippen LogP contribution is 2.36. The van der Waals surface area contributed by atoms with Gasteiger partial charge < -0.3 is 0 Å². The highest BCUT2D eigenvalue weighted by atomic mass is 32.2. The van der Waals surface area contributed by atoms with Crippen LogP contribution in [0.3, 0.4) is 0 Å². The van der Waals surface area contributed by atoms with Crippen molar-refractivity contribution in [3.63, 3.8) is 0 Å². The lowest BCUT2D eigenvalue weighted by Crippen LogP contribution is -2.01. The Hall–Kier alpha value is -2.69. The van der Waals surface area contributed by atoms with Crippen LogP contribution in [0.2, 0.25) is 0 Å². The molecular formula is C23H19F2N5S3. The third kappa shape index (κ3) is 4.68. The summed E-state index contributed by atoms with van der Waals surface area (Å²) < 4.78 is 28.2. The molecule has 168 valence electrons. The quantitative estimate of drug-likeness (QED) is 0.228. The van der Waals surface area contributed by atoms with Gasteiger partial charge in [-0.1, -0.05) is 41.7 Å². The zero-order chi connectivity index (χ0) is 22.9. The average Bonchev–Trinajstić information content (AvgIpc) is 3.51. The molecule has 0 saturated heterocycles. The number of aromatic nitrogens is 5. The number of hydrogen-bond donors (Lipinski definition) is 0. The van der Waals surface area contributed by atoms with E-state index in [4.69, 9.17) is 5.10 Å². The molecule has 0 amide bonds. The largest absolute Gasteiger partial charge is 0.291 e. The topological polar surface area (TPSA) is 56.5 Å². The van der Waals surface area contributed by atoms with Gasteiger partial charge in [-0.05, 0) is 37.6 Å². The van der Waals surface area contributed by atoms with Gasteiger partial charge in [-0.15, -0.1) is 33.3 Å². The molecule has 2 aromatic carbocycles. The van der Waals surface area contributed by atoms with Crippen LogP contribution in [0.15, 0.2) is 53.4 Å². The minimum atomic E-state index is -2.65. The third-order valence-electron chi connectivity index (χ3n) is 5.09. The summed E-state index contributed by atoms with van der Waals surface area (Å²) in [6.07, 6.45) is -2.65. The van der Waals surface area contributed by atoms with E-state index in [9.17, 15) is 8.78 Å². The fourth-order valence-corrected chi connectivity index (χ4v) is 6.05. The Morgan fingerprint density at radius 1 is 1.03 bits per heavy atom. The Kier molecular flexibility index (Phi) is 6.22. The molecule has 5 aromatic rings. The molecule has 0 aliphatic heterocycles. The van der Waals surface area contributed by atoms with Crippen LogP contribution in [0.1, 0.15) is 32.6 Å². The van der Waals surface area contributed by atoms with Crippen LogP contribution in [0.4, 0.5) is 8.78 Å². The number of nitrogens with zero attached hydrogens (tertiary/aromatic N) is 5. The Balaban J connectivity index is 1.55. The molecule has 0 radical (unpaired) electrons. The molecule has 0 aliphatic rings. The van der Waals surface area contributed by atoms with Crippen LogP contribution >= 0.6 is 34.4 Å². The number of thiazole rings is 1. The number of halogens is 2. The van der Waals surface area contributed by atoms with E-state index in [1.165, 1.54) is 5.56 Å². The molecule has 3 heterocycles. The van der Waals surface area contributed by atoms with E-state index >= 15 is 0 Å². The molecule has 0 N–H and O–H groups in total. The van der Waals surface area contributed by atoms with Crippen LogP contribution < -0.4 is 0 Å². The first-order chi connectivity index (χ1) is 16.0. The summed E-state index contributed by atoms with van der Waals surface area (Å²) in [5.41, 5.74) is 3.72. The summed E-state index contributed by atoms with van der Waals surface area (Å²) in [7, 11) is 0. The lowest BCUT2D eigenvalue weighted by Gasteiger charge is -2.05. The minimum Gasteiger partial charge on any atom is -0.259 e. The second kappa shape index (κ2) is 9.28. The smallest absolute Gasteiger partial charge is 0.259 e. The van der Waals surface area contributed by atoms with Gasteiger partial charge in [0.25, 0.3) is 6.43 Å². The van der Waals surface area contributed by atoms with E-state index in [1.807, 2.05) is 42.8 Å². The molecule has 10 heteroatoms. The Bertz CT molecular complexity index is 1410. The minimum absolute atomic E-state index is 0.295. The summed E-state index contributed by atoms with van der Waals surface area (Å²) in [5, 5.41) is 14.5. The Morgan fingerprint density at radius 2 is 1.85 bits per heavy atom. The van der Waals surface area contributed by atoms with Gasteiger partial charge in [0, 0.05) is 20.9 Å². The molecule has 0 atom stereocenters. The standard InChI is InChI=1S/C23H19F2N5S3/c1-13-19(32-14(2)26-13)11-30-18-9-8-16(31-12-15-6-4-3-5-7-15)10-17(18)20(29-30)22-27-28-23(33-22)21(24)25/h3-10,21H,11-12H2,1-2H3. The first-order valence-corrected chi connectivity index (χ1v) is 12.8. The third-order valence-corrected chi connectivity index (χ3v) is 8.15. The summed E-state index contributed by atoms with van der Waals surface area (Å²) >= 11 is 4.25. The van der Waals surface area contributed by atoms with Crippen LogP contribution in [-0.4, -0.2) is 25.0 Å². The second-order valence-corrected chi connectivity index (χ2v) is 10.8. The van der Waals surface area contributed by atoms with Crippen molar-refractivity contribution in [2.24, 2.45) is 0 Å². The van der Waals surface area contributed by atoms with Crippen molar-refractivity contribution in [1.29, 1.82) is 0 Å². The number of aryl methyl sites for hydroxylation is 2. The van der Waals surface area contributed by atoms with Crippen molar-refractivity contribution >= 4 is 45.3 Å². The van der Waals surface area contributed by atoms with Crippen molar-refractivity contribution in [2.75, 3.05) is 0 Å². The summed E-state index contributed by atoms with van der Waals surface area (Å²) in [6.45, 7) is 4.53. The molecule has 0 saturated carbocycles. The first-order valence-electron chi connectivity index (χ1n) is 10.2.